The van der Waals surface area contributed by atoms with Gasteiger partial charge in [0.25, 0.3) is 5.78 Å². The zero-order valence-electron chi connectivity index (χ0n) is 14.9. The number of benzene rings is 2. The van der Waals surface area contributed by atoms with Gasteiger partial charge in [-0.25, -0.2) is 13.9 Å². The Labute approximate surface area is 155 Å². The van der Waals surface area contributed by atoms with Crippen LogP contribution in [0, 0.1) is 6.92 Å². The zero-order chi connectivity index (χ0) is 18.6. The third kappa shape index (κ3) is 3.67. The number of nitrogens with zero attached hydrogens (tertiary/aromatic N) is 4. The molecule has 2 aromatic carbocycles. The van der Waals surface area contributed by atoms with Gasteiger partial charge >= 0.3 is 5.69 Å². The SMILES string of the molecule is Cc1cc(Nc2ccccc2)nc2nn(CCOc3ccccc3)c(=O)n12. The van der Waals surface area contributed by atoms with E-state index in [-0.39, 0.29) is 5.69 Å². The molecule has 7 nitrogen and oxygen atoms in total. The standard InChI is InChI=1S/C20H19N5O2/c1-15-14-18(21-16-8-4-2-5-9-16)22-19-23-24(20(26)25(15)19)12-13-27-17-10-6-3-7-11-17/h2-11,14H,12-13H2,1H3,(H,21,22,23). The number of rotatable bonds is 6. The Morgan fingerprint density at radius 1 is 1.04 bits per heavy atom. The van der Waals surface area contributed by atoms with Crippen molar-refractivity contribution < 1.29 is 4.74 Å². The van der Waals surface area contributed by atoms with E-state index in [1.165, 1.54) is 9.08 Å². The third-order valence-electron chi connectivity index (χ3n) is 4.10. The normalized spacial score (nSPS) is 10.9. The number of nitrogens with one attached hydrogen (secondary N) is 1. The highest BCUT2D eigenvalue weighted by Gasteiger charge is 2.12. The first-order chi connectivity index (χ1) is 13.2. The molecule has 0 atom stereocenters. The monoisotopic (exact) mass is 361 g/mol. The van der Waals surface area contributed by atoms with Crippen LogP contribution in [-0.4, -0.2) is 25.8 Å². The molecule has 136 valence electrons. The largest absolute Gasteiger partial charge is 0.492 e. The number of anilines is 2. The fraction of sp³-hybridized carbons (Fsp3) is 0.150. The van der Waals surface area contributed by atoms with Crippen LogP contribution in [-0.2, 0) is 6.54 Å². The van der Waals surface area contributed by atoms with Gasteiger partial charge in [0.15, 0.2) is 0 Å². The summed E-state index contributed by atoms with van der Waals surface area (Å²) < 4.78 is 8.53. The van der Waals surface area contributed by atoms with Crippen LogP contribution in [0.25, 0.3) is 5.78 Å². The van der Waals surface area contributed by atoms with Crippen molar-refractivity contribution in [3.05, 3.63) is 82.9 Å². The summed E-state index contributed by atoms with van der Waals surface area (Å²) >= 11 is 0. The van der Waals surface area contributed by atoms with Gasteiger partial charge in [-0.15, -0.1) is 5.10 Å². The molecule has 0 saturated heterocycles. The molecule has 0 aliphatic heterocycles. The molecule has 1 N–H and O–H groups in total. The van der Waals surface area contributed by atoms with Crippen LogP contribution >= 0.6 is 0 Å². The minimum Gasteiger partial charge on any atom is -0.492 e. The maximum Gasteiger partial charge on any atom is 0.351 e. The second-order valence-electron chi connectivity index (χ2n) is 6.08. The maximum atomic E-state index is 12.6. The Hall–Kier alpha value is -3.61. The van der Waals surface area contributed by atoms with E-state index in [2.05, 4.69) is 15.4 Å². The van der Waals surface area contributed by atoms with E-state index in [1.54, 1.807) is 0 Å². The molecule has 27 heavy (non-hydrogen) atoms. The van der Waals surface area contributed by atoms with Gasteiger partial charge in [-0.3, -0.25) is 0 Å². The highest BCUT2D eigenvalue weighted by Crippen LogP contribution is 2.15. The number of fused-ring (bicyclic) bond motifs is 1. The van der Waals surface area contributed by atoms with E-state index in [0.717, 1.165) is 17.1 Å². The number of aryl methyl sites for hydroxylation is 1. The fourth-order valence-corrected chi connectivity index (χ4v) is 2.83. The molecule has 4 rings (SSSR count). The van der Waals surface area contributed by atoms with Gasteiger partial charge < -0.3 is 10.1 Å². The second kappa shape index (κ2) is 7.33. The minimum atomic E-state index is -0.224. The minimum absolute atomic E-state index is 0.224. The van der Waals surface area contributed by atoms with Crippen molar-refractivity contribution in [2.75, 3.05) is 11.9 Å². The molecule has 0 radical (unpaired) electrons. The highest BCUT2D eigenvalue weighted by atomic mass is 16.5. The van der Waals surface area contributed by atoms with Crippen LogP contribution in [0.5, 0.6) is 5.75 Å². The number of para-hydroxylation sites is 2. The molecule has 4 aromatic rings. The molecule has 0 spiro atoms. The summed E-state index contributed by atoms with van der Waals surface area (Å²) in [5, 5.41) is 7.57. The molecule has 0 aliphatic carbocycles. The van der Waals surface area contributed by atoms with Crippen molar-refractivity contribution in [3.63, 3.8) is 0 Å². The van der Waals surface area contributed by atoms with E-state index in [4.69, 9.17) is 4.74 Å². The van der Waals surface area contributed by atoms with Crippen molar-refractivity contribution in [1.29, 1.82) is 0 Å². The van der Waals surface area contributed by atoms with Crippen LogP contribution in [0.15, 0.2) is 71.5 Å². The van der Waals surface area contributed by atoms with Crippen LogP contribution in [0.1, 0.15) is 5.69 Å². The lowest BCUT2D eigenvalue weighted by molar-refractivity contribution is 0.289. The predicted octanol–water partition coefficient (Wildman–Crippen LogP) is 3.02. The third-order valence-corrected chi connectivity index (χ3v) is 4.10. The topological polar surface area (TPSA) is 73.4 Å². The maximum absolute atomic E-state index is 12.6. The Morgan fingerprint density at radius 2 is 1.74 bits per heavy atom. The number of aromatic nitrogens is 4. The van der Waals surface area contributed by atoms with Crippen molar-refractivity contribution in [3.8, 4) is 5.75 Å². The second-order valence-corrected chi connectivity index (χ2v) is 6.08. The molecule has 7 heteroatoms. The first kappa shape index (κ1) is 16.8. The Bertz CT molecular complexity index is 1100. The van der Waals surface area contributed by atoms with Crippen LogP contribution in [0.2, 0.25) is 0 Å². The summed E-state index contributed by atoms with van der Waals surface area (Å²) in [5.74, 6) is 1.76. The van der Waals surface area contributed by atoms with Crippen LogP contribution in [0.3, 0.4) is 0 Å². The number of hydrogen-bond donors (Lipinski definition) is 1. The molecular weight excluding hydrogens is 342 g/mol. The van der Waals surface area contributed by atoms with E-state index >= 15 is 0 Å². The Morgan fingerprint density at radius 3 is 2.48 bits per heavy atom. The van der Waals surface area contributed by atoms with E-state index in [0.29, 0.717) is 24.7 Å². The van der Waals surface area contributed by atoms with Gasteiger partial charge in [-0.1, -0.05) is 36.4 Å². The number of ether oxygens (including phenoxy) is 1. The average molecular weight is 361 g/mol. The lowest BCUT2D eigenvalue weighted by Crippen LogP contribution is -2.24. The summed E-state index contributed by atoms with van der Waals surface area (Å²) in [5.41, 5.74) is 1.46. The lowest BCUT2D eigenvalue weighted by atomic mass is 10.3. The Balaban J connectivity index is 1.55. The van der Waals surface area contributed by atoms with Gasteiger partial charge in [-0.05, 0) is 31.2 Å². The molecule has 0 unspecified atom stereocenters. The van der Waals surface area contributed by atoms with Gasteiger partial charge in [-0.2, -0.15) is 4.98 Å². The average Bonchev–Trinajstić information content (AvgIpc) is 2.99. The Kier molecular flexibility index (Phi) is 4.57. The highest BCUT2D eigenvalue weighted by molar-refractivity contribution is 5.57. The first-order valence-corrected chi connectivity index (χ1v) is 8.68. The fourth-order valence-electron chi connectivity index (χ4n) is 2.83. The van der Waals surface area contributed by atoms with E-state index in [9.17, 15) is 4.79 Å². The van der Waals surface area contributed by atoms with Crippen LogP contribution < -0.4 is 15.7 Å². The molecule has 0 aliphatic rings. The quantitative estimate of drug-likeness (QED) is 0.571. The van der Waals surface area contributed by atoms with Gasteiger partial charge in [0.05, 0.1) is 6.54 Å². The lowest BCUT2D eigenvalue weighted by Gasteiger charge is -2.06. The van der Waals surface area contributed by atoms with Crippen molar-refractivity contribution in [2.24, 2.45) is 0 Å². The van der Waals surface area contributed by atoms with Gasteiger partial charge in [0.2, 0.25) is 0 Å². The number of hydrogen-bond acceptors (Lipinski definition) is 5. The smallest absolute Gasteiger partial charge is 0.351 e. The molecule has 2 aromatic heterocycles. The summed E-state index contributed by atoms with van der Waals surface area (Å²) in [6.45, 7) is 2.55. The van der Waals surface area contributed by atoms with E-state index < -0.39 is 0 Å². The summed E-state index contributed by atoms with van der Waals surface area (Å²) in [6, 6.07) is 21.1. The zero-order valence-corrected chi connectivity index (χ0v) is 14.9. The van der Waals surface area contributed by atoms with Crippen molar-refractivity contribution in [2.45, 2.75) is 13.5 Å². The summed E-state index contributed by atoms with van der Waals surface area (Å²) in [6.07, 6.45) is 0. The van der Waals surface area contributed by atoms with Crippen molar-refractivity contribution in [1.82, 2.24) is 19.2 Å². The first-order valence-electron chi connectivity index (χ1n) is 8.68. The predicted molar refractivity (Wildman–Crippen MR) is 104 cm³/mol. The molecule has 0 bridgehead atoms. The van der Waals surface area contributed by atoms with E-state index in [1.807, 2.05) is 73.7 Å². The molecule has 0 fully saturated rings. The van der Waals surface area contributed by atoms with Gasteiger partial charge in [0, 0.05) is 17.4 Å². The molecule has 0 amide bonds. The summed E-state index contributed by atoms with van der Waals surface area (Å²) in [7, 11) is 0. The van der Waals surface area contributed by atoms with Crippen molar-refractivity contribution >= 4 is 17.3 Å². The molecule has 0 saturated carbocycles. The van der Waals surface area contributed by atoms with Gasteiger partial charge in [0.1, 0.15) is 18.2 Å². The molecular formula is C20H19N5O2. The van der Waals surface area contributed by atoms with Crippen LogP contribution in [0.4, 0.5) is 11.5 Å². The molecule has 2 heterocycles. The summed E-state index contributed by atoms with van der Waals surface area (Å²) in [4.78, 5) is 17.1.